The smallest absolute Gasteiger partial charge is 0.416 e. The number of rotatable bonds is 8. The van der Waals surface area contributed by atoms with Gasteiger partial charge in [-0.15, -0.1) is 11.8 Å². The number of hydrogen-bond donors (Lipinski definition) is 1. The summed E-state index contributed by atoms with van der Waals surface area (Å²) in [5.41, 5.74) is 1.44. The number of ether oxygens (including phenoxy) is 1. The molecule has 180 valence electrons. The van der Waals surface area contributed by atoms with Gasteiger partial charge in [-0.1, -0.05) is 12.1 Å². The maximum Gasteiger partial charge on any atom is 0.416 e. The SMILES string of the molecule is Cc1oc(-c2ccc(C(F)(F)F)cc2)nc1CCOc1ccc(CN2CCSC2C(=O)O)cc1. The number of nitrogens with zero attached hydrogens (tertiary/aromatic N) is 2. The third-order valence-corrected chi connectivity index (χ3v) is 6.70. The lowest BCUT2D eigenvalue weighted by molar-refractivity contribution is -0.139. The highest BCUT2D eigenvalue weighted by atomic mass is 32.2. The predicted molar refractivity (Wildman–Crippen MR) is 122 cm³/mol. The Bertz CT molecular complexity index is 1130. The lowest BCUT2D eigenvalue weighted by Crippen LogP contribution is -2.33. The van der Waals surface area contributed by atoms with Crippen molar-refractivity contribution < 1.29 is 32.2 Å². The first-order chi connectivity index (χ1) is 16.2. The van der Waals surface area contributed by atoms with Crippen LogP contribution in [0.3, 0.4) is 0 Å². The van der Waals surface area contributed by atoms with Crippen molar-refractivity contribution >= 4 is 17.7 Å². The second-order valence-corrected chi connectivity index (χ2v) is 9.06. The summed E-state index contributed by atoms with van der Waals surface area (Å²) in [6, 6.07) is 12.2. The third-order valence-electron chi connectivity index (χ3n) is 5.47. The Kier molecular flexibility index (Phi) is 7.18. The first-order valence-electron chi connectivity index (χ1n) is 10.6. The highest BCUT2D eigenvalue weighted by molar-refractivity contribution is 8.00. The second kappa shape index (κ2) is 10.1. The van der Waals surface area contributed by atoms with E-state index in [2.05, 4.69) is 4.98 Å². The lowest BCUT2D eigenvalue weighted by Gasteiger charge is -2.20. The van der Waals surface area contributed by atoms with Crippen molar-refractivity contribution in [1.82, 2.24) is 9.88 Å². The number of carbonyl (C=O) groups is 1. The van der Waals surface area contributed by atoms with E-state index >= 15 is 0 Å². The van der Waals surface area contributed by atoms with Crippen LogP contribution in [0.2, 0.25) is 0 Å². The Balaban J connectivity index is 1.31. The molecule has 1 aliphatic rings. The fourth-order valence-corrected chi connectivity index (χ4v) is 4.77. The van der Waals surface area contributed by atoms with Gasteiger partial charge in [0.05, 0.1) is 17.9 Å². The number of carboxylic acid groups (broad SMARTS) is 1. The highest BCUT2D eigenvalue weighted by Gasteiger charge is 2.31. The number of oxazole rings is 1. The molecular weight excluding hydrogens is 469 g/mol. The summed E-state index contributed by atoms with van der Waals surface area (Å²) < 4.78 is 49.7. The number of aromatic nitrogens is 1. The monoisotopic (exact) mass is 492 g/mol. The van der Waals surface area contributed by atoms with Gasteiger partial charge >= 0.3 is 12.1 Å². The molecule has 10 heteroatoms. The van der Waals surface area contributed by atoms with E-state index in [1.807, 2.05) is 29.2 Å². The molecule has 0 aliphatic carbocycles. The van der Waals surface area contributed by atoms with E-state index in [-0.39, 0.29) is 5.89 Å². The van der Waals surface area contributed by atoms with Crippen molar-refractivity contribution in [3.63, 3.8) is 0 Å². The molecule has 1 saturated heterocycles. The van der Waals surface area contributed by atoms with E-state index in [0.29, 0.717) is 42.3 Å². The minimum Gasteiger partial charge on any atom is -0.493 e. The molecule has 0 radical (unpaired) electrons. The van der Waals surface area contributed by atoms with Gasteiger partial charge in [-0.3, -0.25) is 4.90 Å². The summed E-state index contributed by atoms with van der Waals surface area (Å²) in [5, 5.41) is 8.78. The minimum absolute atomic E-state index is 0.269. The zero-order valence-corrected chi connectivity index (χ0v) is 19.2. The number of halogens is 3. The molecule has 0 saturated carbocycles. The van der Waals surface area contributed by atoms with E-state index in [1.54, 1.807) is 6.92 Å². The van der Waals surface area contributed by atoms with Crippen LogP contribution in [0.1, 0.15) is 22.6 Å². The van der Waals surface area contributed by atoms with Crippen molar-refractivity contribution in [1.29, 1.82) is 0 Å². The highest BCUT2D eigenvalue weighted by Crippen LogP contribution is 2.31. The largest absolute Gasteiger partial charge is 0.493 e. The zero-order chi connectivity index (χ0) is 24.3. The molecule has 0 bridgehead atoms. The zero-order valence-electron chi connectivity index (χ0n) is 18.3. The van der Waals surface area contributed by atoms with Crippen molar-refractivity contribution in [2.24, 2.45) is 0 Å². The van der Waals surface area contributed by atoms with Gasteiger partial charge in [-0.25, -0.2) is 9.78 Å². The average molecular weight is 493 g/mol. The molecule has 1 aliphatic heterocycles. The number of alkyl halides is 3. The Labute approximate surface area is 198 Å². The first-order valence-corrected chi connectivity index (χ1v) is 11.7. The van der Waals surface area contributed by atoms with Crippen LogP contribution < -0.4 is 4.74 Å². The number of benzene rings is 2. The number of aliphatic carboxylic acids is 1. The first kappa shape index (κ1) is 24.2. The summed E-state index contributed by atoms with van der Waals surface area (Å²) in [5.74, 6) is 1.53. The maximum atomic E-state index is 12.7. The molecule has 3 aromatic rings. The predicted octanol–water partition coefficient (Wildman–Crippen LogP) is 5.25. The van der Waals surface area contributed by atoms with E-state index in [0.717, 1.165) is 30.0 Å². The summed E-state index contributed by atoms with van der Waals surface area (Å²) in [7, 11) is 0. The van der Waals surface area contributed by atoms with Crippen LogP contribution in [0.25, 0.3) is 11.5 Å². The molecule has 2 heterocycles. The summed E-state index contributed by atoms with van der Waals surface area (Å²) in [6.45, 7) is 3.41. The molecule has 6 nitrogen and oxygen atoms in total. The quantitative estimate of drug-likeness (QED) is 0.460. The average Bonchev–Trinajstić information content (AvgIpc) is 3.41. The van der Waals surface area contributed by atoms with Crippen molar-refractivity contribution in [3.8, 4) is 17.2 Å². The molecule has 4 rings (SSSR count). The summed E-state index contributed by atoms with van der Waals surface area (Å²) in [4.78, 5) is 17.7. The molecule has 0 spiro atoms. The summed E-state index contributed by atoms with van der Waals surface area (Å²) >= 11 is 1.44. The Morgan fingerprint density at radius 3 is 2.56 bits per heavy atom. The Morgan fingerprint density at radius 1 is 1.21 bits per heavy atom. The number of carboxylic acids is 1. The second-order valence-electron chi connectivity index (χ2n) is 7.87. The molecule has 0 amide bonds. The Morgan fingerprint density at radius 2 is 1.91 bits per heavy atom. The van der Waals surface area contributed by atoms with Crippen molar-refractivity contribution in [2.45, 2.75) is 31.4 Å². The van der Waals surface area contributed by atoms with Crippen LogP contribution in [0.4, 0.5) is 13.2 Å². The van der Waals surface area contributed by atoms with E-state index < -0.39 is 23.1 Å². The molecule has 1 unspecified atom stereocenters. The molecule has 1 fully saturated rings. The van der Waals surface area contributed by atoms with Gasteiger partial charge in [0.25, 0.3) is 0 Å². The van der Waals surface area contributed by atoms with Crippen LogP contribution in [0.15, 0.2) is 52.9 Å². The molecule has 1 aromatic heterocycles. The van der Waals surface area contributed by atoms with Gasteiger partial charge in [0, 0.05) is 30.8 Å². The van der Waals surface area contributed by atoms with Crippen LogP contribution in [0.5, 0.6) is 5.75 Å². The van der Waals surface area contributed by atoms with E-state index in [9.17, 15) is 23.1 Å². The van der Waals surface area contributed by atoms with Gasteiger partial charge < -0.3 is 14.3 Å². The van der Waals surface area contributed by atoms with Gasteiger partial charge in [0.2, 0.25) is 5.89 Å². The van der Waals surface area contributed by atoms with Gasteiger partial charge in [0.15, 0.2) is 5.37 Å². The van der Waals surface area contributed by atoms with Gasteiger partial charge in [0.1, 0.15) is 11.5 Å². The van der Waals surface area contributed by atoms with Crippen LogP contribution in [0, 0.1) is 6.92 Å². The number of thioether (sulfide) groups is 1. The van der Waals surface area contributed by atoms with Crippen LogP contribution >= 0.6 is 11.8 Å². The normalized spacial score (nSPS) is 16.6. The van der Waals surface area contributed by atoms with Gasteiger partial charge in [-0.2, -0.15) is 13.2 Å². The molecule has 2 aromatic carbocycles. The lowest BCUT2D eigenvalue weighted by atomic mass is 10.1. The minimum atomic E-state index is -4.39. The fraction of sp³-hybridized carbons (Fsp3) is 0.333. The third kappa shape index (κ3) is 5.74. The molecule has 34 heavy (non-hydrogen) atoms. The fourth-order valence-electron chi connectivity index (χ4n) is 3.67. The van der Waals surface area contributed by atoms with E-state index in [4.69, 9.17) is 9.15 Å². The number of hydrogen-bond acceptors (Lipinski definition) is 6. The molecular formula is C24H23F3N2O4S. The maximum absolute atomic E-state index is 12.7. The molecule has 1 N–H and O–H groups in total. The van der Waals surface area contributed by atoms with Crippen molar-refractivity contribution in [3.05, 3.63) is 71.1 Å². The standard InChI is InChI=1S/C24H23F3N2O4S/c1-15-20(28-21(33-15)17-4-6-18(7-5-17)24(25,26)27)10-12-32-19-8-2-16(3-9-19)14-29-11-13-34-22(29)23(30)31/h2-9,22H,10-14H2,1H3,(H,30,31). The van der Waals surface area contributed by atoms with Crippen molar-refractivity contribution in [2.75, 3.05) is 18.9 Å². The van der Waals surface area contributed by atoms with Gasteiger partial charge in [-0.05, 0) is 48.9 Å². The number of aryl methyl sites for hydroxylation is 1. The van der Waals surface area contributed by atoms with Crippen LogP contribution in [-0.2, 0) is 23.9 Å². The summed E-state index contributed by atoms with van der Waals surface area (Å²) in [6.07, 6.45) is -3.91. The topological polar surface area (TPSA) is 75.8 Å². The van der Waals surface area contributed by atoms with E-state index in [1.165, 1.54) is 23.9 Å². The van der Waals surface area contributed by atoms with Crippen LogP contribution in [-0.4, -0.2) is 45.2 Å². The Hall–Kier alpha value is -2.98. The molecule has 1 atom stereocenters.